The van der Waals surface area contributed by atoms with Gasteiger partial charge in [0, 0.05) is 12.3 Å². The van der Waals surface area contributed by atoms with Crippen molar-refractivity contribution in [1.82, 2.24) is 4.98 Å². The summed E-state index contributed by atoms with van der Waals surface area (Å²) in [6.07, 6.45) is 3.05. The van der Waals surface area contributed by atoms with Crippen LogP contribution in [0, 0.1) is 11.3 Å². The molecular weight excluding hydrogens is 356 g/mol. The van der Waals surface area contributed by atoms with Crippen molar-refractivity contribution in [2.24, 2.45) is 0 Å². The second-order valence-electron chi connectivity index (χ2n) is 5.77. The van der Waals surface area contributed by atoms with Gasteiger partial charge in [0.1, 0.15) is 17.6 Å². The monoisotopic (exact) mass is 374 g/mol. The molecule has 1 aromatic heterocycles. The normalized spacial score (nSPS) is 9.89. The molecule has 0 aliphatic carbocycles. The second kappa shape index (κ2) is 8.56. The lowest BCUT2D eigenvalue weighted by atomic mass is 10.2. The quantitative estimate of drug-likeness (QED) is 0.678. The Morgan fingerprint density at radius 2 is 1.86 bits per heavy atom. The Morgan fingerprint density at radius 3 is 2.61 bits per heavy atom. The molecule has 3 aromatic rings. The van der Waals surface area contributed by atoms with Gasteiger partial charge in [-0.1, -0.05) is 12.1 Å². The number of para-hydroxylation sites is 1. The van der Waals surface area contributed by atoms with E-state index in [-0.39, 0.29) is 5.91 Å². The van der Waals surface area contributed by atoms with Crippen molar-refractivity contribution >= 4 is 23.0 Å². The smallest absolute Gasteiger partial charge is 0.257 e. The predicted molar refractivity (Wildman–Crippen MR) is 106 cm³/mol. The van der Waals surface area contributed by atoms with Crippen molar-refractivity contribution in [2.45, 2.75) is 0 Å². The van der Waals surface area contributed by atoms with E-state index in [0.29, 0.717) is 39.7 Å². The van der Waals surface area contributed by atoms with Crippen LogP contribution in [0.4, 0.5) is 17.1 Å². The van der Waals surface area contributed by atoms with Crippen LogP contribution >= 0.6 is 0 Å². The number of nitrogens with one attached hydrogen (secondary N) is 2. The van der Waals surface area contributed by atoms with E-state index in [1.807, 2.05) is 6.07 Å². The van der Waals surface area contributed by atoms with E-state index in [1.54, 1.807) is 55.8 Å². The summed E-state index contributed by atoms with van der Waals surface area (Å²) < 4.78 is 10.5. The highest BCUT2D eigenvalue weighted by molar-refractivity contribution is 6.05. The number of rotatable bonds is 6. The number of amides is 1. The first kappa shape index (κ1) is 18.7. The number of anilines is 3. The van der Waals surface area contributed by atoms with Crippen LogP contribution in [0.5, 0.6) is 11.5 Å². The van der Waals surface area contributed by atoms with Gasteiger partial charge in [-0.2, -0.15) is 5.26 Å². The van der Waals surface area contributed by atoms with E-state index < -0.39 is 0 Å². The van der Waals surface area contributed by atoms with Crippen molar-refractivity contribution in [1.29, 1.82) is 5.26 Å². The first-order chi connectivity index (χ1) is 13.6. The Morgan fingerprint density at radius 1 is 1.04 bits per heavy atom. The maximum Gasteiger partial charge on any atom is 0.257 e. The first-order valence-electron chi connectivity index (χ1n) is 8.39. The fourth-order valence-corrected chi connectivity index (χ4v) is 2.57. The van der Waals surface area contributed by atoms with Crippen LogP contribution < -0.4 is 20.1 Å². The summed E-state index contributed by atoms with van der Waals surface area (Å²) in [7, 11) is 3.07. The number of nitriles is 1. The third kappa shape index (κ3) is 4.19. The number of benzene rings is 2. The topological polar surface area (TPSA) is 96.3 Å². The molecule has 1 amide bonds. The third-order valence-corrected chi connectivity index (χ3v) is 3.98. The zero-order valence-electron chi connectivity index (χ0n) is 15.4. The molecule has 1 heterocycles. The van der Waals surface area contributed by atoms with Crippen LogP contribution in [0.15, 0.2) is 60.9 Å². The molecule has 7 nitrogen and oxygen atoms in total. The molecule has 7 heteroatoms. The molecule has 0 fully saturated rings. The summed E-state index contributed by atoms with van der Waals surface area (Å²) in [6, 6.07) is 16.0. The molecule has 0 aliphatic heterocycles. The summed E-state index contributed by atoms with van der Waals surface area (Å²) in [6.45, 7) is 0. The minimum absolute atomic E-state index is 0.340. The number of methoxy groups -OCH3 is 2. The molecule has 3 rings (SSSR count). The van der Waals surface area contributed by atoms with Crippen LogP contribution in [0.1, 0.15) is 15.9 Å². The first-order valence-corrected chi connectivity index (χ1v) is 8.39. The maximum absolute atomic E-state index is 12.6. The lowest BCUT2D eigenvalue weighted by Gasteiger charge is -2.12. The van der Waals surface area contributed by atoms with Gasteiger partial charge < -0.3 is 20.1 Å². The molecule has 0 bridgehead atoms. The lowest BCUT2D eigenvalue weighted by molar-refractivity contribution is 0.102. The SMILES string of the molecule is COc1ccc(NC(=O)c2cncc(Nc3ccccc3C#N)c2)c(OC)c1. The number of ether oxygens (including phenoxy) is 2. The van der Waals surface area contributed by atoms with E-state index in [9.17, 15) is 10.1 Å². The largest absolute Gasteiger partial charge is 0.497 e. The van der Waals surface area contributed by atoms with E-state index in [4.69, 9.17) is 9.47 Å². The van der Waals surface area contributed by atoms with Gasteiger partial charge in [0.25, 0.3) is 5.91 Å². The summed E-state index contributed by atoms with van der Waals surface area (Å²) in [5.74, 6) is 0.768. The molecule has 0 atom stereocenters. The summed E-state index contributed by atoms with van der Waals surface area (Å²) in [5.41, 5.74) is 2.61. The number of hydrogen-bond donors (Lipinski definition) is 2. The molecule has 0 saturated carbocycles. The average Bonchev–Trinajstić information content (AvgIpc) is 2.74. The standard InChI is InChI=1S/C21H18N4O3/c1-27-17-7-8-19(20(10-17)28-2)25-21(26)15-9-16(13-23-12-15)24-18-6-4-3-5-14(18)11-22/h3-10,12-13,24H,1-2H3,(H,25,26). The van der Waals surface area contributed by atoms with Crippen molar-refractivity contribution in [3.05, 3.63) is 72.1 Å². The molecule has 0 aliphatic rings. The van der Waals surface area contributed by atoms with Crippen molar-refractivity contribution in [3.8, 4) is 17.6 Å². The van der Waals surface area contributed by atoms with Gasteiger partial charge in [0.05, 0.1) is 48.6 Å². The highest BCUT2D eigenvalue weighted by Gasteiger charge is 2.12. The van der Waals surface area contributed by atoms with Gasteiger partial charge >= 0.3 is 0 Å². The van der Waals surface area contributed by atoms with Crippen LogP contribution in [-0.4, -0.2) is 25.1 Å². The highest BCUT2D eigenvalue weighted by Crippen LogP contribution is 2.29. The minimum atomic E-state index is -0.340. The molecule has 0 saturated heterocycles. The molecule has 0 unspecified atom stereocenters. The fourth-order valence-electron chi connectivity index (χ4n) is 2.57. The Balaban J connectivity index is 1.80. The fraction of sp³-hybridized carbons (Fsp3) is 0.0952. The molecule has 2 N–H and O–H groups in total. The zero-order chi connectivity index (χ0) is 19.9. The van der Waals surface area contributed by atoms with Gasteiger partial charge in [-0.3, -0.25) is 9.78 Å². The van der Waals surface area contributed by atoms with Gasteiger partial charge in [-0.05, 0) is 30.3 Å². The Kier molecular flexibility index (Phi) is 5.72. The van der Waals surface area contributed by atoms with Crippen LogP contribution in [-0.2, 0) is 0 Å². The molecule has 0 spiro atoms. The summed E-state index contributed by atoms with van der Waals surface area (Å²) in [4.78, 5) is 16.8. The van der Waals surface area contributed by atoms with Crippen molar-refractivity contribution in [2.75, 3.05) is 24.9 Å². The van der Waals surface area contributed by atoms with Crippen molar-refractivity contribution in [3.63, 3.8) is 0 Å². The Bertz CT molecular complexity index is 1040. The van der Waals surface area contributed by atoms with E-state index in [2.05, 4.69) is 21.7 Å². The summed E-state index contributed by atoms with van der Waals surface area (Å²) >= 11 is 0. The van der Waals surface area contributed by atoms with E-state index in [1.165, 1.54) is 13.3 Å². The molecule has 28 heavy (non-hydrogen) atoms. The highest BCUT2D eigenvalue weighted by atomic mass is 16.5. The summed E-state index contributed by atoms with van der Waals surface area (Å²) in [5, 5.41) is 15.1. The van der Waals surface area contributed by atoms with Crippen LogP contribution in [0.25, 0.3) is 0 Å². The number of carbonyl (C=O) groups is 1. The zero-order valence-corrected chi connectivity index (χ0v) is 15.4. The Labute approximate surface area is 162 Å². The number of hydrogen-bond acceptors (Lipinski definition) is 6. The number of carbonyl (C=O) groups excluding carboxylic acids is 1. The molecule has 0 radical (unpaired) electrons. The minimum Gasteiger partial charge on any atom is -0.497 e. The van der Waals surface area contributed by atoms with E-state index in [0.717, 1.165) is 0 Å². The van der Waals surface area contributed by atoms with E-state index >= 15 is 0 Å². The Hall–Kier alpha value is -4.05. The van der Waals surface area contributed by atoms with Gasteiger partial charge in [0.2, 0.25) is 0 Å². The number of pyridine rings is 1. The number of aromatic nitrogens is 1. The van der Waals surface area contributed by atoms with Crippen LogP contribution in [0.2, 0.25) is 0 Å². The van der Waals surface area contributed by atoms with Gasteiger partial charge in [-0.25, -0.2) is 0 Å². The molecule has 2 aromatic carbocycles. The van der Waals surface area contributed by atoms with Crippen LogP contribution in [0.3, 0.4) is 0 Å². The second-order valence-corrected chi connectivity index (χ2v) is 5.77. The number of nitrogens with zero attached hydrogens (tertiary/aromatic N) is 2. The predicted octanol–water partition coefficient (Wildman–Crippen LogP) is 3.97. The lowest BCUT2D eigenvalue weighted by Crippen LogP contribution is -2.13. The van der Waals surface area contributed by atoms with Crippen molar-refractivity contribution < 1.29 is 14.3 Å². The molecule has 140 valence electrons. The average molecular weight is 374 g/mol. The third-order valence-electron chi connectivity index (χ3n) is 3.98. The van der Waals surface area contributed by atoms with Gasteiger partial charge in [-0.15, -0.1) is 0 Å². The molecular formula is C21H18N4O3. The maximum atomic E-state index is 12.6. The van der Waals surface area contributed by atoms with Gasteiger partial charge in [0.15, 0.2) is 0 Å².